The number of halogens is 2. The molecule has 286 valence electrons. The molecule has 4 aromatic rings. The number of hydrogen-bond acceptors (Lipinski definition) is 8. The Kier molecular flexibility index (Phi) is 11.9. The van der Waals surface area contributed by atoms with Crippen LogP contribution in [0.25, 0.3) is 5.65 Å². The molecule has 0 radical (unpaired) electrons. The Morgan fingerprint density at radius 3 is 2.54 bits per heavy atom. The molecule has 0 bridgehead atoms. The van der Waals surface area contributed by atoms with Crippen molar-refractivity contribution in [3.05, 3.63) is 94.8 Å². The lowest BCUT2D eigenvalue weighted by Crippen LogP contribution is -2.39. The molecule has 3 amide bonds. The summed E-state index contributed by atoms with van der Waals surface area (Å²) in [5.74, 6) is -0.607. The second-order valence-electron chi connectivity index (χ2n) is 15.0. The van der Waals surface area contributed by atoms with Crippen LogP contribution >= 0.6 is 0 Å². The highest BCUT2D eigenvalue weighted by Gasteiger charge is 2.31. The SMILES string of the molecule is CN(CCCCCNC(=O)c1cnn2ccc(N3CCCC3c3cc(F)ccc3F)nc12)CCN1CCC(c2ccc(C3CCC(=O)NC3=O)cc2)CC1. The van der Waals surface area contributed by atoms with Crippen LogP contribution in [0.4, 0.5) is 14.6 Å². The van der Waals surface area contributed by atoms with Crippen LogP contribution in [0.15, 0.2) is 60.9 Å². The van der Waals surface area contributed by atoms with Crippen molar-refractivity contribution in [1.29, 1.82) is 0 Å². The Morgan fingerprint density at radius 1 is 0.944 bits per heavy atom. The van der Waals surface area contributed by atoms with Crippen molar-refractivity contribution >= 4 is 29.2 Å². The Labute approximate surface area is 315 Å². The average Bonchev–Trinajstić information content (AvgIpc) is 3.84. The summed E-state index contributed by atoms with van der Waals surface area (Å²) in [6.45, 7) is 6.42. The summed E-state index contributed by atoms with van der Waals surface area (Å²) in [4.78, 5) is 48.5. The monoisotopic (exact) mass is 740 g/mol. The average molecular weight is 741 g/mol. The molecule has 3 aliphatic rings. The summed E-state index contributed by atoms with van der Waals surface area (Å²) in [6, 6.07) is 13.5. The van der Waals surface area contributed by atoms with Gasteiger partial charge in [-0.3, -0.25) is 19.7 Å². The highest BCUT2D eigenvalue weighted by atomic mass is 19.1. The lowest BCUT2D eigenvalue weighted by Gasteiger charge is -2.33. The number of carbonyl (C=O) groups is 3. The van der Waals surface area contributed by atoms with Crippen LogP contribution in [0.5, 0.6) is 0 Å². The molecule has 11 nitrogen and oxygen atoms in total. The van der Waals surface area contributed by atoms with Crippen LogP contribution in [0.1, 0.15) is 103 Å². The summed E-state index contributed by atoms with van der Waals surface area (Å²) in [7, 11) is 2.17. The van der Waals surface area contributed by atoms with Gasteiger partial charge < -0.3 is 20.0 Å². The van der Waals surface area contributed by atoms with Crippen molar-refractivity contribution in [3.63, 3.8) is 0 Å². The van der Waals surface area contributed by atoms with Gasteiger partial charge in [-0.05, 0) is 113 Å². The zero-order valence-corrected chi connectivity index (χ0v) is 31.0. The third-order valence-corrected chi connectivity index (χ3v) is 11.4. The van der Waals surface area contributed by atoms with Crippen LogP contribution < -0.4 is 15.5 Å². The zero-order valence-electron chi connectivity index (χ0n) is 31.0. The van der Waals surface area contributed by atoms with Gasteiger partial charge in [-0.25, -0.2) is 18.3 Å². The standard InChI is InChI=1S/C41H50F2N8O3/c1-48(24-25-49-21-15-29(16-22-49)28-7-9-30(10-8-28)32-12-14-38(52)47-41(32)54)19-4-2-3-18-44-40(53)34-27-45-51-23-17-37(46-39(34)51)50-20-5-6-36(50)33-26-31(42)11-13-35(33)43/h7-11,13,17,23,26-27,29,32,36H,2-6,12,14-16,18-22,24-25H2,1H3,(H,44,53)(H,47,52,54). The molecular formula is C41H50F2N8O3. The first-order valence-corrected chi connectivity index (χ1v) is 19.4. The van der Waals surface area contributed by atoms with Gasteiger partial charge in [-0.1, -0.05) is 30.7 Å². The van der Waals surface area contributed by atoms with E-state index in [2.05, 4.69) is 56.8 Å². The van der Waals surface area contributed by atoms with Gasteiger partial charge in [0.1, 0.15) is 23.0 Å². The van der Waals surface area contributed by atoms with Crippen LogP contribution in [-0.4, -0.2) is 95.0 Å². The highest BCUT2D eigenvalue weighted by molar-refractivity contribution is 6.01. The van der Waals surface area contributed by atoms with E-state index in [-0.39, 0.29) is 29.7 Å². The van der Waals surface area contributed by atoms with Crippen molar-refractivity contribution in [1.82, 2.24) is 35.0 Å². The second kappa shape index (κ2) is 17.2. The Hall–Kier alpha value is -4.75. The summed E-state index contributed by atoms with van der Waals surface area (Å²) in [5, 5.41) is 9.79. The number of amides is 3. The molecule has 3 fully saturated rings. The fourth-order valence-corrected chi connectivity index (χ4v) is 8.22. The minimum Gasteiger partial charge on any atom is -0.352 e. The molecule has 2 N–H and O–H groups in total. The molecule has 0 spiro atoms. The number of carbonyl (C=O) groups excluding carboxylic acids is 3. The Morgan fingerprint density at radius 2 is 1.74 bits per heavy atom. The van der Waals surface area contributed by atoms with Crippen molar-refractivity contribution < 1.29 is 23.2 Å². The molecule has 2 atom stereocenters. The smallest absolute Gasteiger partial charge is 0.256 e. The van der Waals surface area contributed by atoms with Gasteiger partial charge >= 0.3 is 0 Å². The molecule has 2 aromatic heterocycles. The largest absolute Gasteiger partial charge is 0.352 e. The van der Waals surface area contributed by atoms with Gasteiger partial charge in [0.15, 0.2) is 5.65 Å². The molecule has 2 unspecified atom stereocenters. The quantitative estimate of drug-likeness (QED) is 0.127. The molecule has 5 heterocycles. The lowest BCUT2D eigenvalue weighted by molar-refractivity contribution is -0.134. The molecule has 0 aliphatic carbocycles. The van der Waals surface area contributed by atoms with Gasteiger partial charge in [-0.15, -0.1) is 0 Å². The molecule has 3 saturated heterocycles. The van der Waals surface area contributed by atoms with E-state index in [4.69, 9.17) is 4.98 Å². The number of nitrogens with one attached hydrogen (secondary N) is 2. The second-order valence-corrected chi connectivity index (χ2v) is 15.0. The lowest BCUT2D eigenvalue weighted by atomic mass is 9.86. The number of nitrogens with zero attached hydrogens (tertiary/aromatic N) is 6. The van der Waals surface area contributed by atoms with Gasteiger partial charge in [-0.2, -0.15) is 5.10 Å². The third-order valence-electron chi connectivity index (χ3n) is 11.4. The fraction of sp³-hybridized carbons (Fsp3) is 0.488. The number of piperidine rings is 2. The van der Waals surface area contributed by atoms with Gasteiger partial charge in [0.25, 0.3) is 5.91 Å². The van der Waals surface area contributed by atoms with Crippen LogP contribution in [0.2, 0.25) is 0 Å². The van der Waals surface area contributed by atoms with E-state index in [1.165, 1.54) is 23.9 Å². The minimum absolute atomic E-state index is 0.181. The molecule has 54 heavy (non-hydrogen) atoms. The highest BCUT2D eigenvalue weighted by Crippen LogP contribution is 2.37. The van der Waals surface area contributed by atoms with Crippen molar-refractivity contribution in [2.24, 2.45) is 0 Å². The number of rotatable bonds is 14. The first-order chi connectivity index (χ1) is 26.2. The number of anilines is 1. The van der Waals surface area contributed by atoms with E-state index in [1.54, 1.807) is 16.8 Å². The topological polar surface area (TPSA) is 115 Å². The minimum atomic E-state index is -0.470. The molecular weight excluding hydrogens is 690 g/mol. The molecule has 2 aromatic carbocycles. The van der Waals surface area contributed by atoms with Gasteiger partial charge in [0, 0.05) is 44.4 Å². The summed E-state index contributed by atoms with van der Waals surface area (Å²) in [5.41, 5.74) is 3.45. The molecule has 0 saturated carbocycles. The van der Waals surface area contributed by atoms with Crippen molar-refractivity contribution in [2.75, 3.05) is 57.8 Å². The normalized spacial score (nSPS) is 19.9. The van der Waals surface area contributed by atoms with Gasteiger partial charge in [0.05, 0.1) is 18.2 Å². The number of unbranched alkanes of at least 4 members (excludes halogenated alkanes) is 2. The molecule has 13 heteroatoms. The summed E-state index contributed by atoms with van der Waals surface area (Å²) < 4.78 is 30.2. The maximum atomic E-state index is 14.6. The zero-order chi connectivity index (χ0) is 37.6. The summed E-state index contributed by atoms with van der Waals surface area (Å²) in [6.07, 6.45) is 10.9. The summed E-state index contributed by atoms with van der Waals surface area (Å²) >= 11 is 0. The number of imide groups is 1. The Balaban J connectivity index is 0.793. The number of likely N-dealkylation sites (N-methyl/N-ethyl adjacent to an activating group) is 1. The van der Waals surface area contributed by atoms with E-state index >= 15 is 0 Å². The molecule has 7 rings (SSSR count). The van der Waals surface area contributed by atoms with Crippen LogP contribution in [-0.2, 0) is 9.59 Å². The fourth-order valence-electron chi connectivity index (χ4n) is 8.22. The Bertz CT molecular complexity index is 1940. The van der Waals surface area contributed by atoms with E-state index in [9.17, 15) is 23.2 Å². The first-order valence-electron chi connectivity index (χ1n) is 19.4. The maximum Gasteiger partial charge on any atom is 0.256 e. The maximum absolute atomic E-state index is 14.6. The van der Waals surface area contributed by atoms with Crippen molar-refractivity contribution in [3.8, 4) is 0 Å². The number of likely N-dealkylation sites (tertiary alicyclic amines) is 1. The number of fused-ring (bicyclic) bond motifs is 1. The predicted molar refractivity (Wildman–Crippen MR) is 202 cm³/mol. The van der Waals surface area contributed by atoms with E-state index in [0.717, 1.165) is 82.9 Å². The van der Waals surface area contributed by atoms with E-state index < -0.39 is 11.6 Å². The first kappa shape index (κ1) is 37.6. The number of benzene rings is 2. The number of aromatic nitrogens is 3. The van der Waals surface area contributed by atoms with E-state index in [0.29, 0.717) is 60.9 Å². The molecule has 3 aliphatic heterocycles. The van der Waals surface area contributed by atoms with Crippen molar-refractivity contribution in [2.45, 2.75) is 75.7 Å². The van der Waals surface area contributed by atoms with Crippen LogP contribution in [0.3, 0.4) is 0 Å². The number of hydrogen-bond donors (Lipinski definition) is 2. The third kappa shape index (κ3) is 8.79. The predicted octanol–water partition coefficient (Wildman–Crippen LogP) is 5.58. The van der Waals surface area contributed by atoms with E-state index in [1.807, 2.05) is 4.90 Å². The van der Waals surface area contributed by atoms with Gasteiger partial charge in [0.2, 0.25) is 11.8 Å². The van der Waals surface area contributed by atoms with Crippen LogP contribution in [0, 0.1) is 11.6 Å².